The highest BCUT2D eigenvalue weighted by Crippen LogP contribution is 2.21. The van der Waals surface area contributed by atoms with Crippen molar-refractivity contribution in [3.63, 3.8) is 0 Å². The van der Waals surface area contributed by atoms with E-state index in [-0.39, 0.29) is 0 Å². The molecule has 0 aromatic heterocycles. The Labute approximate surface area is 114 Å². The summed E-state index contributed by atoms with van der Waals surface area (Å²) < 4.78 is 19.1. The highest BCUT2D eigenvalue weighted by Gasteiger charge is 2.11. The van der Waals surface area contributed by atoms with Crippen LogP contribution < -0.4 is 4.74 Å². The smallest absolute Gasteiger partial charge is 0.132 e. The number of aliphatic hydroxyl groups excluding tert-OH is 1. The Morgan fingerprint density at radius 2 is 2.11 bits per heavy atom. The number of ether oxygens (including phenoxy) is 1. The second-order valence-corrected chi connectivity index (χ2v) is 5.11. The molecule has 1 aromatic rings. The summed E-state index contributed by atoms with van der Waals surface area (Å²) in [6.07, 6.45) is 2.77. The molecule has 0 saturated carbocycles. The van der Waals surface area contributed by atoms with Gasteiger partial charge in [-0.2, -0.15) is 0 Å². The molecule has 106 valence electrons. The highest BCUT2D eigenvalue weighted by molar-refractivity contribution is 5.29. The van der Waals surface area contributed by atoms with E-state index >= 15 is 0 Å². The molecule has 0 bridgehead atoms. The molecule has 2 rings (SSSR count). The average molecular weight is 267 g/mol. The van der Waals surface area contributed by atoms with Gasteiger partial charge in [-0.3, -0.25) is 0 Å². The van der Waals surface area contributed by atoms with Crippen molar-refractivity contribution < 1.29 is 14.2 Å². The normalized spacial score (nSPS) is 17.6. The fraction of sp³-hybridized carbons (Fsp3) is 0.600. The van der Waals surface area contributed by atoms with E-state index in [1.165, 1.54) is 32.0 Å². The van der Waals surface area contributed by atoms with Gasteiger partial charge in [0.2, 0.25) is 0 Å². The van der Waals surface area contributed by atoms with Crippen LogP contribution in [-0.2, 0) is 0 Å². The first kappa shape index (κ1) is 14.3. The molecule has 1 saturated heterocycles. The van der Waals surface area contributed by atoms with Crippen LogP contribution in [0, 0.1) is 5.82 Å². The van der Waals surface area contributed by atoms with Crippen LogP contribution in [0.4, 0.5) is 4.39 Å². The van der Waals surface area contributed by atoms with Crippen LogP contribution in [0.25, 0.3) is 0 Å². The van der Waals surface area contributed by atoms with Crippen molar-refractivity contribution in [1.29, 1.82) is 0 Å². The van der Waals surface area contributed by atoms with E-state index < -0.39 is 11.9 Å². The van der Waals surface area contributed by atoms with Crippen molar-refractivity contribution in [2.75, 3.05) is 26.2 Å². The Morgan fingerprint density at radius 3 is 2.74 bits per heavy atom. The molecule has 19 heavy (non-hydrogen) atoms. The van der Waals surface area contributed by atoms with Crippen molar-refractivity contribution >= 4 is 0 Å². The quantitative estimate of drug-likeness (QED) is 0.804. The second-order valence-electron chi connectivity index (χ2n) is 5.11. The van der Waals surface area contributed by atoms with Gasteiger partial charge in [0.1, 0.15) is 11.6 Å². The van der Waals surface area contributed by atoms with Crippen molar-refractivity contribution in [3.8, 4) is 5.75 Å². The highest BCUT2D eigenvalue weighted by atomic mass is 19.1. The largest absolute Gasteiger partial charge is 0.493 e. The number of hydrogen-bond donors (Lipinski definition) is 1. The van der Waals surface area contributed by atoms with Crippen LogP contribution >= 0.6 is 0 Å². The van der Waals surface area contributed by atoms with E-state index in [0.717, 1.165) is 13.0 Å². The van der Waals surface area contributed by atoms with Crippen molar-refractivity contribution in [2.45, 2.75) is 32.3 Å². The first-order chi connectivity index (χ1) is 9.16. The number of halogens is 1. The Balaban J connectivity index is 1.74. The third-order valence-corrected chi connectivity index (χ3v) is 3.51. The van der Waals surface area contributed by atoms with Gasteiger partial charge in [0, 0.05) is 18.2 Å². The van der Waals surface area contributed by atoms with Gasteiger partial charge in [0.25, 0.3) is 0 Å². The third-order valence-electron chi connectivity index (χ3n) is 3.51. The van der Waals surface area contributed by atoms with Gasteiger partial charge in [-0.25, -0.2) is 4.39 Å². The summed E-state index contributed by atoms with van der Waals surface area (Å²) in [4.78, 5) is 2.43. The number of benzene rings is 1. The summed E-state index contributed by atoms with van der Waals surface area (Å²) in [5, 5.41) is 9.34. The Morgan fingerprint density at radius 1 is 1.37 bits per heavy atom. The third kappa shape index (κ3) is 4.18. The predicted octanol–water partition coefficient (Wildman–Crippen LogP) is 2.74. The molecule has 1 aliphatic rings. The predicted molar refractivity (Wildman–Crippen MR) is 72.8 cm³/mol. The number of aliphatic hydroxyl groups is 1. The summed E-state index contributed by atoms with van der Waals surface area (Å²) >= 11 is 0. The van der Waals surface area contributed by atoms with Gasteiger partial charge in [-0.15, -0.1) is 0 Å². The fourth-order valence-corrected chi connectivity index (χ4v) is 2.42. The van der Waals surface area contributed by atoms with Crippen LogP contribution in [-0.4, -0.2) is 36.2 Å². The number of nitrogens with zero attached hydrogens (tertiary/aromatic N) is 1. The van der Waals surface area contributed by atoms with Crippen molar-refractivity contribution in [3.05, 3.63) is 29.6 Å². The molecular formula is C15H22FNO2. The van der Waals surface area contributed by atoms with E-state index in [9.17, 15) is 9.50 Å². The molecule has 0 spiro atoms. The van der Waals surface area contributed by atoms with E-state index in [1.807, 2.05) is 0 Å². The second kappa shape index (κ2) is 6.87. The standard InChI is InChI=1S/C15H22FNO2/c1-12(18)14-6-5-13(11-15(14)16)19-10-4-9-17-7-2-3-8-17/h5-6,11-12,18H,2-4,7-10H2,1H3. The molecule has 3 nitrogen and oxygen atoms in total. The number of rotatable bonds is 6. The van der Waals surface area contributed by atoms with E-state index in [4.69, 9.17) is 4.74 Å². The van der Waals surface area contributed by atoms with Gasteiger partial charge in [0.05, 0.1) is 12.7 Å². The number of hydrogen-bond acceptors (Lipinski definition) is 3. The van der Waals surface area contributed by atoms with Crippen LogP contribution in [0.15, 0.2) is 18.2 Å². The monoisotopic (exact) mass is 267 g/mol. The van der Waals surface area contributed by atoms with Crippen LogP contribution in [0.2, 0.25) is 0 Å². The molecular weight excluding hydrogens is 245 g/mol. The Kier molecular flexibility index (Phi) is 5.16. The molecule has 4 heteroatoms. The molecule has 1 heterocycles. The lowest BCUT2D eigenvalue weighted by molar-refractivity contribution is 0.193. The van der Waals surface area contributed by atoms with Gasteiger partial charge >= 0.3 is 0 Å². The molecule has 1 aliphatic heterocycles. The summed E-state index contributed by atoms with van der Waals surface area (Å²) in [5.41, 5.74) is 0.310. The SMILES string of the molecule is CC(O)c1ccc(OCCCN2CCCC2)cc1F. The molecule has 1 unspecified atom stereocenters. The molecule has 1 fully saturated rings. The molecule has 0 aliphatic carbocycles. The van der Waals surface area contributed by atoms with Gasteiger partial charge in [0.15, 0.2) is 0 Å². The lowest BCUT2D eigenvalue weighted by Gasteiger charge is -2.14. The average Bonchev–Trinajstić information content (AvgIpc) is 2.87. The van der Waals surface area contributed by atoms with Gasteiger partial charge in [-0.05, 0) is 51.4 Å². The zero-order chi connectivity index (χ0) is 13.7. The van der Waals surface area contributed by atoms with Crippen LogP contribution in [0.1, 0.15) is 37.9 Å². The van der Waals surface area contributed by atoms with Gasteiger partial charge in [-0.1, -0.05) is 0 Å². The summed E-state index contributed by atoms with van der Waals surface area (Å²) in [6, 6.07) is 4.63. The molecule has 1 aromatic carbocycles. The molecule has 1 atom stereocenters. The topological polar surface area (TPSA) is 32.7 Å². The van der Waals surface area contributed by atoms with E-state index in [2.05, 4.69) is 4.90 Å². The summed E-state index contributed by atoms with van der Waals surface area (Å²) in [5.74, 6) is 0.121. The maximum Gasteiger partial charge on any atom is 0.132 e. The van der Waals surface area contributed by atoms with E-state index in [1.54, 1.807) is 19.1 Å². The van der Waals surface area contributed by atoms with Gasteiger partial charge < -0.3 is 14.7 Å². The maximum absolute atomic E-state index is 13.6. The molecule has 0 amide bonds. The first-order valence-electron chi connectivity index (χ1n) is 6.99. The lowest BCUT2D eigenvalue weighted by Crippen LogP contribution is -2.21. The minimum Gasteiger partial charge on any atom is -0.493 e. The molecule has 1 N–H and O–H groups in total. The minimum absolute atomic E-state index is 0.310. The van der Waals surface area contributed by atoms with E-state index in [0.29, 0.717) is 17.9 Å². The lowest BCUT2D eigenvalue weighted by atomic mass is 10.1. The Hall–Kier alpha value is -1.13. The fourth-order valence-electron chi connectivity index (χ4n) is 2.42. The molecule has 0 radical (unpaired) electrons. The van der Waals surface area contributed by atoms with Crippen LogP contribution in [0.5, 0.6) is 5.75 Å². The summed E-state index contributed by atoms with van der Waals surface area (Å²) in [7, 11) is 0. The summed E-state index contributed by atoms with van der Waals surface area (Å²) in [6.45, 7) is 5.59. The maximum atomic E-state index is 13.6. The minimum atomic E-state index is -0.788. The zero-order valence-corrected chi connectivity index (χ0v) is 11.4. The van der Waals surface area contributed by atoms with Crippen molar-refractivity contribution in [1.82, 2.24) is 4.90 Å². The van der Waals surface area contributed by atoms with Crippen LogP contribution in [0.3, 0.4) is 0 Å². The zero-order valence-electron chi connectivity index (χ0n) is 11.4. The van der Waals surface area contributed by atoms with Crippen molar-refractivity contribution in [2.24, 2.45) is 0 Å². The Bertz CT molecular complexity index is 403. The first-order valence-corrected chi connectivity index (χ1v) is 6.99. The number of likely N-dealkylation sites (tertiary alicyclic amines) is 1.